The molecule has 1 aromatic heterocycles. The summed E-state index contributed by atoms with van der Waals surface area (Å²) in [7, 11) is 0. The van der Waals surface area contributed by atoms with Crippen LogP contribution in [0.2, 0.25) is 0 Å². The molecule has 3 aromatic rings. The van der Waals surface area contributed by atoms with E-state index >= 15 is 0 Å². The minimum Gasteiger partial charge on any atom is -0.484 e. The fourth-order valence-electron chi connectivity index (χ4n) is 3.27. The normalized spacial score (nSPS) is 15.9. The van der Waals surface area contributed by atoms with Crippen molar-refractivity contribution in [2.75, 3.05) is 0 Å². The van der Waals surface area contributed by atoms with E-state index in [1.165, 1.54) is 12.1 Å². The number of nitrogens with zero attached hydrogens (tertiary/aromatic N) is 3. The molecule has 0 aliphatic heterocycles. The highest BCUT2D eigenvalue weighted by atomic mass is 79.9. The van der Waals surface area contributed by atoms with Crippen LogP contribution in [0.25, 0.3) is 11.0 Å². The Balaban J connectivity index is 1.65. The topological polar surface area (TPSA) is 39.9 Å². The van der Waals surface area contributed by atoms with Crippen molar-refractivity contribution in [2.45, 2.75) is 46.3 Å². The number of aromatic nitrogens is 3. The molecule has 0 amide bonds. The molecule has 4 rings (SSSR count). The van der Waals surface area contributed by atoms with E-state index in [1.807, 2.05) is 28.9 Å². The van der Waals surface area contributed by atoms with E-state index in [9.17, 15) is 4.39 Å². The summed E-state index contributed by atoms with van der Waals surface area (Å²) in [4.78, 5) is 0. The van der Waals surface area contributed by atoms with Crippen molar-refractivity contribution in [3.63, 3.8) is 0 Å². The third-order valence-corrected chi connectivity index (χ3v) is 5.48. The van der Waals surface area contributed by atoms with E-state index in [2.05, 4.69) is 47.0 Å². The summed E-state index contributed by atoms with van der Waals surface area (Å²) >= 11 is 3.66. The van der Waals surface area contributed by atoms with Crippen molar-refractivity contribution in [3.05, 3.63) is 52.3 Å². The predicted octanol–water partition coefficient (Wildman–Crippen LogP) is 5.91. The average Bonchev–Trinajstić information content (AvgIpc) is 3.36. The highest BCUT2D eigenvalue weighted by molar-refractivity contribution is 9.10. The van der Waals surface area contributed by atoms with Gasteiger partial charge in [0.25, 0.3) is 0 Å². The Morgan fingerprint density at radius 3 is 2.52 bits per heavy atom. The summed E-state index contributed by atoms with van der Waals surface area (Å²) < 4.78 is 22.4. The summed E-state index contributed by atoms with van der Waals surface area (Å²) in [5.41, 5.74) is 2.89. The number of fused-ring (bicyclic) bond motifs is 1. The van der Waals surface area contributed by atoms with E-state index in [0.29, 0.717) is 5.92 Å². The first-order valence-corrected chi connectivity index (χ1v) is 10.0. The van der Waals surface area contributed by atoms with Crippen LogP contribution >= 0.6 is 15.9 Å². The van der Waals surface area contributed by atoms with E-state index < -0.39 is 0 Å². The fourth-order valence-corrected chi connectivity index (χ4v) is 3.78. The highest BCUT2D eigenvalue weighted by Crippen LogP contribution is 2.45. The van der Waals surface area contributed by atoms with Crippen molar-refractivity contribution < 1.29 is 9.13 Å². The lowest BCUT2D eigenvalue weighted by Crippen LogP contribution is -2.16. The number of ether oxygens (including phenoxy) is 1. The standard InChI is InChI=1S/C21H23BrFN3O/c1-21(2,3)12-26-16-10-11-17(18(22)19(16)24-25-26)27-20(13-4-5-13)14-6-8-15(23)9-7-14/h6-11,13,20H,4-5,12H2,1-3H3. The maximum absolute atomic E-state index is 13.3. The van der Waals surface area contributed by atoms with Gasteiger partial charge in [-0.25, -0.2) is 9.07 Å². The van der Waals surface area contributed by atoms with Gasteiger partial charge in [0, 0.05) is 12.5 Å². The maximum Gasteiger partial charge on any atom is 0.136 e. The molecule has 1 fully saturated rings. The Bertz CT molecular complexity index is 958. The second-order valence-electron chi connectivity index (χ2n) is 8.48. The Hall–Kier alpha value is -1.95. The van der Waals surface area contributed by atoms with Crippen LogP contribution in [-0.2, 0) is 6.54 Å². The van der Waals surface area contributed by atoms with Crippen LogP contribution in [0.4, 0.5) is 4.39 Å². The Morgan fingerprint density at radius 1 is 1.19 bits per heavy atom. The lowest BCUT2D eigenvalue weighted by atomic mass is 9.97. The van der Waals surface area contributed by atoms with Crippen LogP contribution in [0.3, 0.4) is 0 Å². The van der Waals surface area contributed by atoms with Gasteiger partial charge in [-0.3, -0.25) is 0 Å². The number of hydrogen-bond donors (Lipinski definition) is 0. The van der Waals surface area contributed by atoms with Crippen molar-refractivity contribution in [3.8, 4) is 5.75 Å². The van der Waals surface area contributed by atoms with Crippen molar-refractivity contribution in [2.24, 2.45) is 11.3 Å². The largest absolute Gasteiger partial charge is 0.484 e. The summed E-state index contributed by atoms with van der Waals surface area (Å²) in [5.74, 6) is 0.979. The number of benzene rings is 2. The first-order valence-electron chi connectivity index (χ1n) is 9.26. The van der Waals surface area contributed by atoms with Crippen LogP contribution in [0, 0.1) is 17.2 Å². The molecule has 4 nitrogen and oxygen atoms in total. The molecular formula is C21H23BrFN3O. The minimum absolute atomic E-state index is 0.0797. The van der Waals surface area contributed by atoms with Crippen molar-refractivity contribution in [1.29, 1.82) is 0 Å². The van der Waals surface area contributed by atoms with E-state index in [0.717, 1.165) is 46.2 Å². The zero-order valence-corrected chi connectivity index (χ0v) is 17.3. The zero-order valence-electron chi connectivity index (χ0n) is 15.7. The Labute approximate surface area is 166 Å². The molecule has 27 heavy (non-hydrogen) atoms. The smallest absolute Gasteiger partial charge is 0.136 e. The predicted molar refractivity (Wildman–Crippen MR) is 107 cm³/mol. The third-order valence-electron chi connectivity index (χ3n) is 4.72. The molecule has 0 radical (unpaired) electrons. The molecule has 1 unspecified atom stereocenters. The lowest BCUT2D eigenvalue weighted by Gasteiger charge is -2.21. The van der Waals surface area contributed by atoms with Crippen LogP contribution in [0.1, 0.15) is 45.3 Å². The van der Waals surface area contributed by atoms with Crippen LogP contribution < -0.4 is 4.74 Å². The second-order valence-corrected chi connectivity index (χ2v) is 9.27. The molecule has 1 aliphatic carbocycles. The molecule has 1 atom stereocenters. The molecule has 1 saturated carbocycles. The van der Waals surface area contributed by atoms with Gasteiger partial charge in [-0.2, -0.15) is 0 Å². The van der Waals surface area contributed by atoms with Gasteiger partial charge in [-0.1, -0.05) is 38.1 Å². The van der Waals surface area contributed by atoms with Gasteiger partial charge in [0.1, 0.15) is 23.2 Å². The quantitative estimate of drug-likeness (QED) is 0.503. The first-order chi connectivity index (χ1) is 12.8. The summed E-state index contributed by atoms with van der Waals surface area (Å²) in [5, 5.41) is 8.67. The third kappa shape index (κ3) is 4.00. The Morgan fingerprint density at radius 2 is 1.89 bits per heavy atom. The summed E-state index contributed by atoms with van der Waals surface area (Å²) in [6, 6.07) is 10.6. The van der Waals surface area contributed by atoms with Gasteiger partial charge in [-0.05, 0) is 64.0 Å². The molecular weight excluding hydrogens is 409 g/mol. The van der Waals surface area contributed by atoms with Gasteiger partial charge in [0.15, 0.2) is 0 Å². The Kier molecular flexibility index (Phi) is 4.70. The number of rotatable bonds is 5. The van der Waals surface area contributed by atoms with Gasteiger partial charge in [-0.15, -0.1) is 5.10 Å². The van der Waals surface area contributed by atoms with Gasteiger partial charge in [0.05, 0.1) is 9.99 Å². The van der Waals surface area contributed by atoms with Gasteiger partial charge < -0.3 is 4.74 Å². The zero-order chi connectivity index (χ0) is 19.2. The monoisotopic (exact) mass is 431 g/mol. The molecule has 1 heterocycles. The molecule has 6 heteroatoms. The van der Waals surface area contributed by atoms with Crippen molar-refractivity contribution in [1.82, 2.24) is 15.0 Å². The molecule has 142 valence electrons. The fraction of sp³-hybridized carbons (Fsp3) is 0.429. The molecule has 1 aliphatic rings. The molecule has 0 saturated heterocycles. The molecule has 0 bridgehead atoms. The van der Waals surface area contributed by atoms with Crippen LogP contribution in [-0.4, -0.2) is 15.0 Å². The first kappa shape index (κ1) is 18.4. The minimum atomic E-state index is -0.230. The molecule has 0 N–H and O–H groups in total. The second kappa shape index (κ2) is 6.89. The highest BCUT2D eigenvalue weighted by Gasteiger charge is 2.34. The number of hydrogen-bond acceptors (Lipinski definition) is 3. The van der Waals surface area contributed by atoms with Crippen LogP contribution in [0.5, 0.6) is 5.75 Å². The van der Waals surface area contributed by atoms with Gasteiger partial charge in [0.2, 0.25) is 0 Å². The van der Waals surface area contributed by atoms with E-state index in [1.54, 1.807) is 0 Å². The SMILES string of the molecule is CC(C)(C)Cn1nnc2c(Br)c(OC(c3ccc(F)cc3)C3CC3)ccc21. The van der Waals surface area contributed by atoms with E-state index in [-0.39, 0.29) is 17.3 Å². The number of halogens is 2. The molecule has 0 spiro atoms. The lowest BCUT2D eigenvalue weighted by molar-refractivity contribution is 0.180. The summed E-state index contributed by atoms with van der Waals surface area (Å²) in [6.07, 6.45) is 2.18. The average molecular weight is 432 g/mol. The molecule has 2 aromatic carbocycles. The maximum atomic E-state index is 13.3. The van der Waals surface area contributed by atoms with E-state index in [4.69, 9.17) is 4.74 Å². The van der Waals surface area contributed by atoms with Gasteiger partial charge >= 0.3 is 0 Å². The van der Waals surface area contributed by atoms with Crippen molar-refractivity contribution >= 4 is 27.0 Å². The van der Waals surface area contributed by atoms with Crippen LogP contribution in [0.15, 0.2) is 40.9 Å². The summed E-state index contributed by atoms with van der Waals surface area (Å²) in [6.45, 7) is 7.32.